The smallest absolute Gasteiger partial charge is 0.307 e. The molecule has 0 rings (SSSR count). The van der Waals surface area contributed by atoms with Gasteiger partial charge in [-0.1, -0.05) is 22.6 Å². The molecule has 0 saturated heterocycles. The number of alkyl halides is 1. The summed E-state index contributed by atoms with van der Waals surface area (Å²) in [4.78, 5) is 21.7. The molecular formula is C14H26INO7. The molecule has 0 aliphatic rings. The van der Waals surface area contributed by atoms with Crippen molar-refractivity contribution in [2.24, 2.45) is 0 Å². The van der Waals surface area contributed by atoms with Crippen LogP contribution >= 0.6 is 22.6 Å². The third-order valence-electron chi connectivity index (χ3n) is 2.48. The van der Waals surface area contributed by atoms with Crippen molar-refractivity contribution in [1.82, 2.24) is 5.32 Å². The summed E-state index contributed by atoms with van der Waals surface area (Å²) in [6, 6.07) is 0. The Morgan fingerprint density at radius 3 is 1.78 bits per heavy atom. The molecule has 0 aromatic heterocycles. The SMILES string of the molecule is COC(=O)CCOCCOCCOCCOCCNC(=O)CI. The summed E-state index contributed by atoms with van der Waals surface area (Å²) in [7, 11) is 1.35. The normalized spacial score (nSPS) is 10.5. The molecule has 0 atom stereocenters. The fourth-order valence-corrected chi connectivity index (χ4v) is 1.60. The number of carbonyl (C=O) groups is 2. The molecule has 0 spiro atoms. The highest BCUT2D eigenvalue weighted by Crippen LogP contribution is 1.87. The second kappa shape index (κ2) is 17.9. The van der Waals surface area contributed by atoms with E-state index in [0.717, 1.165) is 0 Å². The minimum absolute atomic E-state index is 0.0110. The molecule has 9 heteroatoms. The predicted molar refractivity (Wildman–Crippen MR) is 91.8 cm³/mol. The second-order valence-corrected chi connectivity index (χ2v) is 5.02. The molecule has 1 amide bonds. The van der Waals surface area contributed by atoms with Gasteiger partial charge < -0.3 is 29.0 Å². The molecule has 0 aromatic carbocycles. The molecule has 0 radical (unpaired) electrons. The van der Waals surface area contributed by atoms with Crippen molar-refractivity contribution < 1.29 is 33.3 Å². The molecule has 1 N–H and O–H groups in total. The maximum Gasteiger partial charge on any atom is 0.307 e. The Hall–Kier alpha value is -0.490. The van der Waals surface area contributed by atoms with Crippen LogP contribution in [0.4, 0.5) is 0 Å². The fourth-order valence-electron chi connectivity index (χ4n) is 1.33. The number of nitrogens with one attached hydrogen (secondary N) is 1. The van der Waals surface area contributed by atoms with Crippen LogP contribution in [0.2, 0.25) is 0 Å². The van der Waals surface area contributed by atoms with Crippen LogP contribution in [0.25, 0.3) is 0 Å². The van der Waals surface area contributed by atoms with E-state index in [0.29, 0.717) is 63.8 Å². The van der Waals surface area contributed by atoms with E-state index in [1.807, 2.05) is 22.6 Å². The standard InChI is InChI=1S/C14H26INO7/c1-19-14(18)2-4-20-6-8-22-10-11-23-9-7-21-5-3-16-13(17)12-15/h2-12H2,1H3,(H,16,17). The summed E-state index contributed by atoms with van der Waals surface area (Å²) in [6.45, 7) is 4.15. The van der Waals surface area contributed by atoms with E-state index in [4.69, 9.17) is 18.9 Å². The van der Waals surface area contributed by atoms with Crippen LogP contribution in [0, 0.1) is 0 Å². The Balaban J connectivity index is 3.05. The topological polar surface area (TPSA) is 92.3 Å². The summed E-state index contributed by atoms with van der Waals surface area (Å²) in [5, 5.41) is 2.71. The molecule has 0 unspecified atom stereocenters. The van der Waals surface area contributed by atoms with Gasteiger partial charge in [-0.3, -0.25) is 9.59 Å². The van der Waals surface area contributed by atoms with Crippen LogP contribution in [0.15, 0.2) is 0 Å². The first-order valence-corrected chi connectivity index (χ1v) is 8.93. The molecular weight excluding hydrogens is 421 g/mol. The molecule has 0 bridgehead atoms. The van der Waals surface area contributed by atoms with Gasteiger partial charge in [-0.2, -0.15) is 0 Å². The predicted octanol–water partition coefficient (Wildman–Crippen LogP) is 0.167. The Morgan fingerprint density at radius 2 is 1.30 bits per heavy atom. The highest BCUT2D eigenvalue weighted by molar-refractivity contribution is 14.1. The second-order valence-electron chi connectivity index (χ2n) is 4.26. The van der Waals surface area contributed by atoms with E-state index in [2.05, 4.69) is 10.1 Å². The lowest BCUT2D eigenvalue weighted by atomic mass is 10.5. The zero-order chi connectivity index (χ0) is 17.2. The van der Waals surface area contributed by atoms with Gasteiger partial charge in [-0.15, -0.1) is 0 Å². The summed E-state index contributed by atoms with van der Waals surface area (Å²) in [5.74, 6) is -0.272. The monoisotopic (exact) mass is 447 g/mol. The van der Waals surface area contributed by atoms with Gasteiger partial charge in [-0.25, -0.2) is 0 Å². The van der Waals surface area contributed by atoms with Crippen LogP contribution in [0.5, 0.6) is 0 Å². The number of methoxy groups -OCH3 is 1. The van der Waals surface area contributed by atoms with Crippen LogP contribution in [-0.2, 0) is 33.3 Å². The zero-order valence-corrected chi connectivity index (χ0v) is 15.7. The van der Waals surface area contributed by atoms with Crippen molar-refractivity contribution in [3.63, 3.8) is 0 Å². The van der Waals surface area contributed by atoms with Crippen LogP contribution in [0.3, 0.4) is 0 Å². The van der Waals surface area contributed by atoms with Gasteiger partial charge in [0.05, 0.1) is 70.8 Å². The van der Waals surface area contributed by atoms with Gasteiger partial charge >= 0.3 is 5.97 Å². The van der Waals surface area contributed by atoms with Gasteiger partial charge in [0.1, 0.15) is 0 Å². The molecule has 0 fully saturated rings. The molecule has 0 aromatic rings. The maximum atomic E-state index is 10.9. The van der Waals surface area contributed by atoms with Crippen LogP contribution in [-0.4, -0.2) is 82.8 Å². The molecule has 0 heterocycles. The van der Waals surface area contributed by atoms with Crippen molar-refractivity contribution in [2.75, 3.05) is 70.9 Å². The largest absolute Gasteiger partial charge is 0.469 e. The third-order valence-corrected chi connectivity index (χ3v) is 3.18. The van der Waals surface area contributed by atoms with Crippen molar-refractivity contribution in [1.29, 1.82) is 0 Å². The number of amides is 1. The first-order chi connectivity index (χ1) is 11.2. The van der Waals surface area contributed by atoms with E-state index in [9.17, 15) is 9.59 Å². The minimum atomic E-state index is -0.283. The molecule has 8 nitrogen and oxygen atoms in total. The van der Waals surface area contributed by atoms with Crippen molar-refractivity contribution in [3.8, 4) is 0 Å². The number of ether oxygens (including phenoxy) is 5. The minimum Gasteiger partial charge on any atom is -0.469 e. The van der Waals surface area contributed by atoms with Crippen molar-refractivity contribution in [2.45, 2.75) is 6.42 Å². The number of esters is 1. The van der Waals surface area contributed by atoms with Crippen molar-refractivity contribution in [3.05, 3.63) is 0 Å². The molecule has 0 aliphatic carbocycles. The number of halogens is 1. The van der Waals surface area contributed by atoms with Gasteiger partial charge in [0.2, 0.25) is 5.91 Å². The number of hydrogen-bond acceptors (Lipinski definition) is 7. The lowest BCUT2D eigenvalue weighted by Crippen LogP contribution is -2.28. The Bertz CT molecular complexity index is 277. The first kappa shape index (κ1) is 22.5. The number of hydrogen-bond donors (Lipinski definition) is 1. The van der Waals surface area contributed by atoms with E-state index in [1.54, 1.807) is 0 Å². The third kappa shape index (κ3) is 17.7. The molecule has 0 aliphatic heterocycles. The first-order valence-electron chi connectivity index (χ1n) is 7.41. The number of rotatable bonds is 16. The van der Waals surface area contributed by atoms with E-state index < -0.39 is 0 Å². The lowest BCUT2D eigenvalue weighted by Gasteiger charge is -2.07. The van der Waals surface area contributed by atoms with Gasteiger partial charge in [-0.05, 0) is 0 Å². The van der Waals surface area contributed by atoms with Gasteiger partial charge in [0.25, 0.3) is 0 Å². The van der Waals surface area contributed by atoms with Crippen LogP contribution in [0.1, 0.15) is 6.42 Å². The quantitative estimate of drug-likeness (QED) is 0.156. The summed E-state index contributed by atoms with van der Waals surface area (Å²) in [5.41, 5.74) is 0. The van der Waals surface area contributed by atoms with Crippen LogP contribution < -0.4 is 5.32 Å². The van der Waals surface area contributed by atoms with Gasteiger partial charge in [0, 0.05) is 6.54 Å². The van der Waals surface area contributed by atoms with Crippen molar-refractivity contribution >= 4 is 34.5 Å². The molecule has 0 saturated carbocycles. The van der Waals surface area contributed by atoms with Gasteiger partial charge in [0.15, 0.2) is 0 Å². The van der Waals surface area contributed by atoms with E-state index in [-0.39, 0.29) is 18.3 Å². The summed E-state index contributed by atoms with van der Waals surface area (Å²) < 4.78 is 26.0. The summed E-state index contributed by atoms with van der Waals surface area (Å²) >= 11 is 2.01. The Labute approximate surface area is 150 Å². The Kier molecular flexibility index (Phi) is 17.5. The highest BCUT2D eigenvalue weighted by Gasteiger charge is 1.99. The fraction of sp³-hybridized carbons (Fsp3) is 0.857. The lowest BCUT2D eigenvalue weighted by molar-refractivity contribution is -0.142. The summed E-state index contributed by atoms with van der Waals surface area (Å²) in [6.07, 6.45) is 0.251. The average molecular weight is 447 g/mol. The molecule has 23 heavy (non-hydrogen) atoms. The number of carbonyl (C=O) groups excluding carboxylic acids is 2. The molecule has 136 valence electrons. The Morgan fingerprint density at radius 1 is 0.826 bits per heavy atom. The zero-order valence-electron chi connectivity index (χ0n) is 13.5. The van der Waals surface area contributed by atoms with E-state index >= 15 is 0 Å². The highest BCUT2D eigenvalue weighted by atomic mass is 127. The average Bonchev–Trinajstić information content (AvgIpc) is 2.57. The maximum absolute atomic E-state index is 10.9. The van der Waals surface area contributed by atoms with E-state index in [1.165, 1.54) is 7.11 Å².